The van der Waals surface area contributed by atoms with Gasteiger partial charge < -0.3 is 16.2 Å². The summed E-state index contributed by atoms with van der Waals surface area (Å²) in [5.74, 6) is -0.173. The molecule has 7 heteroatoms. The van der Waals surface area contributed by atoms with Crippen LogP contribution in [0.1, 0.15) is 17.8 Å². The lowest BCUT2D eigenvalue weighted by Crippen LogP contribution is -2.32. The van der Waals surface area contributed by atoms with Crippen molar-refractivity contribution < 1.29 is 9.90 Å². The van der Waals surface area contributed by atoms with Gasteiger partial charge in [0.15, 0.2) is 0 Å². The van der Waals surface area contributed by atoms with Gasteiger partial charge in [-0.1, -0.05) is 12.1 Å². The Labute approximate surface area is 139 Å². The van der Waals surface area contributed by atoms with Crippen molar-refractivity contribution in [3.8, 4) is 0 Å². The molecular weight excluding hydrogens is 322 g/mol. The molecule has 22 heavy (non-hydrogen) atoms. The van der Waals surface area contributed by atoms with Crippen LogP contribution in [0.15, 0.2) is 24.3 Å². The van der Waals surface area contributed by atoms with Crippen LogP contribution in [-0.4, -0.2) is 34.7 Å². The molecule has 1 saturated carbocycles. The Morgan fingerprint density at radius 1 is 1.41 bits per heavy atom. The lowest BCUT2D eigenvalue weighted by atomic mass is 10.1. The Morgan fingerprint density at radius 2 is 2.18 bits per heavy atom. The molecular formula is C15H20ClN3O2S. The third-order valence-corrected chi connectivity index (χ3v) is 5.02. The highest BCUT2D eigenvalue weighted by Gasteiger charge is 2.34. The van der Waals surface area contributed by atoms with Crippen LogP contribution in [0.5, 0.6) is 0 Å². The largest absolute Gasteiger partial charge is 0.391 e. The molecule has 0 radical (unpaired) electrons. The molecule has 2 aromatic rings. The van der Waals surface area contributed by atoms with Crippen molar-refractivity contribution in [2.24, 2.45) is 11.7 Å². The van der Waals surface area contributed by atoms with Crippen LogP contribution in [0.2, 0.25) is 0 Å². The molecule has 5 nitrogen and oxygen atoms in total. The normalized spacial score (nSPS) is 24.2. The molecule has 0 saturated heterocycles. The second kappa shape index (κ2) is 7.37. The summed E-state index contributed by atoms with van der Waals surface area (Å²) in [6.45, 7) is 0.570. The number of thiazole rings is 1. The summed E-state index contributed by atoms with van der Waals surface area (Å²) in [6.07, 6.45) is 1.21. The number of aliphatic hydroxyl groups excluding tert-OH is 1. The quantitative estimate of drug-likeness (QED) is 0.786. The third kappa shape index (κ3) is 3.76. The van der Waals surface area contributed by atoms with Gasteiger partial charge in [-0.3, -0.25) is 4.79 Å². The smallest absolute Gasteiger partial charge is 0.223 e. The molecule has 1 fully saturated rings. The molecule has 1 heterocycles. The molecule has 3 atom stereocenters. The highest BCUT2D eigenvalue weighted by Crippen LogP contribution is 2.25. The summed E-state index contributed by atoms with van der Waals surface area (Å²) in [5, 5.41) is 13.5. The van der Waals surface area contributed by atoms with Crippen LogP contribution in [0.4, 0.5) is 0 Å². The molecule has 4 N–H and O–H groups in total. The van der Waals surface area contributed by atoms with E-state index in [0.717, 1.165) is 16.9 Å². The third-order valence-electron chi connectivity index (χ3n) is 3.92. The molecule has 0 bridgehead atoms. The lowest BCUT2D eigenvalue weighted by Gasteiger charge is -2.09. The summed E-state index contributed by atoms with van der Waals surface area (Å²) in [7, 11) is 0. The Bertz CT molecular complexity index is 606. The van der Waals surface area contributed by atoms with Crippen LogP contribution < -0.4 is 11.1 Å². The standard InChI is InChI=1S/C15H19N3O2S.ClH/c16-10-7-9(8-12(10)19)15(20)17-6-5-14-18-11-3-1-2-4-13(11)21-14;/h1-4,9-10,12,19H,5-8,16H2,(H,17,20);1H/t9-,10+,12+;/m0./s1. The van der Waals surface area contributed by atoms with Gasteiger partial charge in [0, 0.05) is 24.9 Å². The summed E-state index contributed by atoms with van der Waals surface area (Å²) in [6, 6.07) is 7.75. The number of nitrogens with zero attached hydrogens (tertiary/aromatic N) is 1. The van der Waals surface area contributed by atoms with Gasteiger partial charge in [0.1, 0.15) is 0 Å². The summed E-state index contributed by atoms with van der Waals surface area (Å²) >= 11 is 1.66. The predicted octanol–water partition coefficient (Wildman–Crippen LogP) is 1.47. The summed E-state index contributed by atoms with van der Waals surface area (Å²) in [4.78, 5) is 16.5. The first-order chi connectivity index (χ1) is 10.1. The molecule has 1 aliphatic rings. The molecule has 1 aliphatic carbocycles. The van der Waals surface area contributed by atoms with Crippen molar-refractivity contribution in [1.29, 1.82) is 0 Å². The minimum Gasteiger partial charge on any atom is -0.391 e. The fourth-order valence-corrected chi connectivity index (χ4v) is 3.69. The number of carbonyl (C=O) groups is 1. The minimum atomic E-state index is -0.551. The van der Waals surface area contributed by atoms with Gasteiger partial charge in [0.2, 0.25) is 5.91 Å². The Morgan fingerprint density at radius 3 is 2.86 bits per heavy atom. The Kier molecular flexibility index (Phi) is 5.74. The van der Waals surface area contributed by atoms with E-state index in [1.54, 1.807) is 11.3 Å². The molecule has 1 aromatic carbocycles. The second-order valence-electron chi connectivity index (χ2n) is 5.52. The first kappa shape index (κ1) is 17.1. The average Bonchev–Trinajstić information content (AvgIpc) is 3.02. The number of aromatic nitrogens is 1. The maximum absolute atomic E-state index is 12.0. The van der Waals surface area contributed by atoms with Crippen LogP contribution in [0.3, 0.4) is 0 Å². The minimum absolute atomic E-state index is 0. The predicted molar refractivity (Wildman–Crippen MR) is 90.3 cm³/mol. The van der Waals surface area contributed by atoms with Crippen LogP contribution in [0, 0.1) is 5.92 Å². The number of halogens is 1. The summed E-state index contributed by atoms with van der Waals surface area (Å²) in [5.41, 5.74) is 6.74. The van der Waals surface area contributed by atoms with Gasteiger partial charge in [0.25, 0.3) is 0 Å². The number of nitrogens with two attached hydrogens (primary N) is 1. The number of fused-ring (bicyclic) bond motifs is 1. The van der Waals surface area contributed by atoms with E-state index in [1.807, 2.05) is 18.2 Å². The fraction of sp³-hybridized carbons (Fsp3) is 0.467. The average molecular weight is 342 g/mol. The van der Waals surface area contributed by atoms with Crippen molar-refractivity contribution in [1.82, 2.24) is 10.3 Å². The number of nitrogens with one attached hydrogen (secondary N) is 1. The first-order valence-electron chi connectivity index (χ1n) is 7.19. The van der Waals surface area contributed by atoms with Gasteiger partial charge in [-0.05, 0) is 25.0 Å². The molecule has 1 aromatic heterocycles. The van der Waals surface area contributed by atoms with Crippen molar-refractivity contribution in [2.75, 3.05) is 6.54 Å². The highest BCUT2D eigenvalue weighted by atomic mass is 35.5. The monoisotopic (exact) mass is 341 g/mol. The number of rotatable bonds is 4. The van der Waals surface area contributed by atoms with E-state index in [2.05, 4.69) is 16.4 Å². The van der Waals surface area contributed by atoms with E-state index < -0.39 is 6.10 Å². The molecule has 0 unspecified atom stereocenters. The van der Waals surface area contributed by atoms with E-state index in [4.69, 9.17) is 5.73 Å². The van der Waals surface area contributed by atoms with E-state index in [9.17, 15) is 9.90 Å². The SMILES string of the molecule is Cl.N[C@@H]1C[C@H](C(=O)NCCc2nc3ccccc3s2)C[C@H]1O. The zero-order valence-corrected chi connectivity index (χ0v) is 13.7. The van der Waals surface area contributed by atoms with Crippen molar-refractivity contribution in [2.45, 2.75) is 31.4 Å². The van der Waals surface area contributed by atoms with Crippen molar-refractivity contribution in [3.63, 3.8) is 0 Å². The number of amides is 1. The zero-order valence-electron chi connectivity index (χ0n) is 12.1. The molecule has 0 spiro atoms. The Hall–Kier alpha value is -1.21. The van der Waals surface area contributed by atoms with Crippen LogP contribution >= 0.6 is 23.7 Å². The second-order valence-corrected chi connectivity index (χ2v) is 6.63. The van der Waals surface area contributed by atoms with Crippen LogP contribution in [0.25, 0.3) is 10.2 Å². The van der Waals surface area contributed by atoms with E-state index in [1.165, 1.54) is 4.70 Å². The number of benzene rings is 1. The Balaban J connectivity index is 0.00000176. The van der Waals surface area contributed by atoms with Gasteiger partial charge in [-0.15, -0.1) is 23.7 Å². The topological polar surface area (TPSA) is 88.2 Å². The number of hydrogen-bond acceptors (Lipinski definition) is 5. The van der Waals surface area contributed by atoms with Gasteiger partial charge in [-0.25, -0.2) is 4.98 Å². The zero-order chi connectivity index (χ0) is 14.8. The van der Waals surface area contributed by atoms with Gasteiger partial charge >= 0.3 is 0 Å². The van der Waals surface area contributed by atoms with Crippen molar-refractivity contribution in [3.05, 3.63) is 29.3 Å². The van der Waals surface area contributed by atoms with Crippen LogP contribution in [-0.2, 0) is 11.2 Å². The van der Waals surface area contributed by atoms with E-state index in [-0.39, 0.29) is 30.3 Å². The van der Waals surface area contributed by atoms with Gasteiger partial charge in [0.05, 0.1) is 21.3 Å². The number of carbonyl (C=O) groups excluding carboxylic acids is 1. The molecule has 120 valence electrons. The highest BCUT2D eigenvalue weighted by molar-refractivity contribution is 7.18. The first-order valence-corrected chi connectivity index (χ1v) is 8.01. The number of para-hydroxylation sites is 1. The molecule has 0 aliphatic heterocycles. The molecule has 1 amide bonds. The fourth-order valence-electron chi connectivity index (χ4n) is 2.73. The maximum atomic E-state index is 12.0. The van der Waals surface area contributed by atoms with E-state index in [0.29, 0.717) is 19.4 Å². The molecule has 3 rings (SSSR count). The van der Waals surface area contributed by atoms with E-state index >= 15 is 0 Å². The van der Waals surface area contributed by atoms with Gasteiger partial charge in [-0.2, -0.15) is 0 Å². The number of aliphatic hydroxyl groups is 1. The lowest BCUT2D eigenvalue weighted by molar-refractivity contribution is -0.125. The van der Waals surface area contributed by atoms with Crippen molar-refractivity contribution >= 4 is 39.9 Å². The summed E-state index contributed by atoms with van der Waals surface area (Å²) < 4.78 is 1.17. The maximum Gasteiger partial charge on any atom is 0.223 e. The number of hydrogen-bond donors (Lipinski definition) is 3.